The van der Waals surface area contributed by atoms with E-state index in [4.69, 9.17) is 19.4 Å². The first-order valence-corrected chi connectivity index (χ1v) is 8.98. The third-order valence-electron chi connectivity index (χ3n) is 4.12. The Kier molecular flexibility index (Phi) is 7.04. The van der Waals surface area contributed by atoms with Gasteiger partial charge in [0.25, 0.3) is 0 Å². The number of oxime groups is 1. The highest BCUT2D eigenvalue weighted by atomic mass is 16.6. The Labute approximate surface area is 164 Å². The van der Waals surface area contributed by atoms with Crippen LogP contribution in [-0.2, 0) is 18.1 Å². The molecule has 0 fully saturated rings. The molecule has 0 saturated heterocycles. The Bertz CT molecular complexity index is 875. The van der Waals surface area contributed by atoms with E-state index in [0.717, 1.165) is 33.9 Å². The number of hydrogen-bond acceptors (Lipinski definition) is 5. The van der Waals surface area contributed by atoms with Gasteiger partial charge in [0.15, 0.2) is 0 Å². The van der Waals surface area contributed by atoms with Gasteiger partial charge in [0.05, 0.1) is 6.61 Å². The molecule has 3 aromatic carbocycles. The van der Waals surface area contributed by atoms with Crippen molar-refractivity contribution >= 4 is 5.71 Å². The van der Waals surface area contributed by atoms with Gasteiger partial charge in [0.2, 0.25) is 0 Å². The molecule has 0 aliphatic rings. The first-order chi connectivity index (χ1) is 13.8. The van der Waals surface area contributed by atoms with E-state index in [0.29, 0.717) is 13.2 Å². The molecular formula is C23H23NO4. The summed E-state index contributed by atoms with van der Waals surface area (Å²) in [5.41, 5.74) is 3.58. The fourth-order valence-corrected chi connectivity index (χ4v) is 2.59. The lowest BCUT2D eigenvalue weighted by molar-refractivity contribution is 0.210. The van der Waals surface area contributed by atoms with E-state index in [9.17, 15) is 0 Å². The zero-order chi connectivity index (χ0) is 19.6. The van der Waals surface area contributed by atoms with E-state index in [1.807, 2.05) is 78.9 Å². The van der Waals surface area contributed by atoms with Gasteiger partial charge >= 0.3 is 0 Å². The summed E-state index contributed by atoms with van der Waals surface area (Å²) >= 11 is 0. The van der Waals surface area contributed by atoms with Crippen LogP contribution in [0.5, 0.6) is 11.5 Å². The lowest BCUT2D eigenvalue weighted by atomic mass is 10.1. The fraction of sp³-hybridized carbons (Fsp3) is 0.174. The fourth-order valence-electron chi connectivity index (χ4n) is 2.59. The largest absolute Gasteiger partial charge is 0.489 e. The lowest BCUT2D eigenvalue weighted by Crippen LogP contribution is -2.13. The van der Waals surface area contributed by atoms with Gasteiger partial charge in [-0.1, -0.05) is 59.8 Å². The van der Waals surface area contributed by atoms with Crippen molar-refractivity contribution in [2.24, 2.45) is 5.16 Å². The second-order valence-electron chi connectivity index (χ2n) is 6.11. The first kappa shape index (κ1) is 19.5. The van der Waals surface area contributed by atoms with Gasteiger partial charge in [0.1, 0.15) is 37.5 Å². The Balaban J connectivity index is 1.54. The molecule has 3 rings (SSSR count). The van der Waals surface area contributed by atoms with Crippen LogP contribution in [0.4, 0.5) is 0 Å². The second-order valence-corrected chi connectivity index (χ2v) is 6.11. The quantitative estimate of drug-likeness (QED) is 0.449. The highest BCUT2D eigenvalue weighted by Crippen LogP contribution is 2.17. The Morgan fingerprint density at radius 2 is 1.39 bits per heavy atom. The summed E-state index contributed by atoms with van der Waals surface area (Å²) in [4.78, 5) is 4.93. The molecule has 0 aliphatic heterocycles. The van der Waals surface area contributed by atoms with Crippen molar-refractivity contribution in [2.45, 2.75) is 13.2 Å². The molecule has 0 heterocycles. The molecule has 0 aromatic heterocycles. The molecule has 0 radical (unpaired) electrons. The van der Waals surface area contributed by atoms with Crippen LogP contribution in [-0.4, -0.2) is 24.5 Å². The number of rotatable bonds is 9. The maximum atomic E-state index is 9.07. The average Bonchev–Trinajstić information content (AvgIpc) is 2.77. The van der Waals surface area contributed by atoms with Crippen molar-refractivity contribution in [3.63, 3.8) is 0 Å². The number of hydrogen-bond donors (Lipinski definition) is 1. The zero-order valence-corrected chi connectivity index (χ0v) is 15.7. The van der Waals surface area contributed by atoms with Crippen molar-refractivity contribution in [3.8, 4) is 11.5 Å². The van der Waals surface area contributed by atoms with Crippen LogP contribution < -0.4 is 9.47 Å². The second kappa shape index (κ2) is 10.1. The van der Waals surface area contributed by atoms with Gasteiger partial charge in [-0.05, 0) is 35.4 Å². The smallest absolute Gasteiger partial charge is 0.134 e. The van der Waals surface area contributed by atoms with Crippen molar-refractivity contribution < 1.29 is 19.4 Å². The Morgan fingerprint density at radius 3 is 2.00 bits per heavy atom. The minimum atomic E-state index is 0.0306. The highest BCUT2D eigenvalue weighted by Gasteiger charge is 2.06. The summed E-state index contributed by atoms with van der Waals surface area (Å²) in [7, 11) is 1.52. The molecule has 0 amide bonds. The molecule has 3 aromatic rings. The molecule has 1 N–H and O–H groups in total. The standard InChI is InChI=1S/C23H23NO4/c1-26-24-23(20-5-3-2-4-6-20)17-28-22-13-9-19(10-14-22)16-27-21-11-7-18(15-25)8-12-21/h2-14,25H,15-17H2,1H3/b24-23+. The minimum absolute atomic E-state index is 0.0306. The molecule has 0 bridgehead atoms. The Morgan fingerprint density at radius 1 is 0.786 bits per heavy atom. The van der Waals surface area contributed by atoms with E-state index >= 15 is 0 Å². The maximum absolute atomic E-state index is 9.07. The van der Waals surface area contributed by atoms with Crippen LogP contribution >= 0.6 is 0 Å². The minimum Gasteiger partial charge on any atom is -0.489 e. The number of ether oxygens (including phenoxy) is 2. The van der Waals surface area contributed by atoms with Gasteiger partial charge < -0.3 is 19.4 Å². The summed E-state index contributed by atoms with van der Waals surface area (Å²) in [6, 6.07) is 24.9. The van der Waals surface area contributed by atoms with Crippen molar-refractivity contribution in [1.82, 2.24) is 0 Å². The normalized spacial score (nSPS) is 11.1. The summed E-state index contributed by atoms with van der Waals surface area (Å²) in [5.74, 6) is 1.51. The van der Waals surface area contributed by atoms with Crippen molar-refractivity contribution in [1.29, 1.82) is 0 Å². The lowest BCUT2D eigenvalue weighted by Gasteiger charge is -2.10. The molecule has 0 spiro atoms. The summed E-state index contributed by atoms with van der Waals surface area (Å²) < 4.78 is 11.6. The number of aliphatic hydroxyl groups is 1. The topological polar surface area (TPSA) is 60.3 Å². The van der Waals surface area contributed by atoms with Gasteiger partial charge in [-0.3, -0.25) is 0 Å². The van der Waals surface area contributed by atoms with Gasteiger partial charge in [-0.25, -0.2) is 0 Å². The molecule has 0 atom stereocenters. The Hall–Kier alpha value is -3.31. The third-order valence-corrected chi connectivity index (χ3v) is 4.12. The first-order valence-electron chi connectivity index (χ1n) is 8.98. The van der Waals surface area contributed by atoms with Crippen LogP contribution in [0.15, 0.2) is 84.0 Å². The van der Waals surface area contributed by atoms with Crippen molar-refractivity contribution in [2.75, 3.05) is 13.7 Å². The van der Waals surface area contributed by atoms with Gasteiger partial charge in [-0.2, -0.15) is 0 Å². The number of aliphatic hydroxyl groups excluding tert-OH is 1. The van der Waals surface area contributed by atoms with E-state index in [2.05, 4.69) is 5.16 Å². The van der Waals surface area contributed by atoms with Crippen molar-refractivity contribution in [3.05, 3.63) is 95.6 Å². The molecule has 0 saturated carbocycles. The van der Waals surface area contributed by atoms with E-state index in [1.54, 1.807) is 0 Å². The molecule has 144 valence electrons. The highest BCUT2D eigenvalue weighted by molar-refractivity contribution is 6.01. The average molecular weight is 377 g/mol. The third kappa shape index (κ3) is 5.59. The van der Waals surface area contributed by atoms with Crippen LogP contribution in [0, 0.1) is 0 Å². The molecular weight excluding hydrogens is 354 g/mol. The number of nitrogens with zero attached hydrogens (tertiary/aromatic N) is 1. The van der Waals surface area contributed by atoms with Crippen LogP contribution in [0.25, 0.3) is 0 Å². The molecule has 5 heteroatoms. The summed E-state index contributed by atoms with van der Waals surface area (Å²) in [5, 5.41) is 13.1. The summed E-state index contributed by atoms with van der Waals surface area (Å²) in [6.45, 7) is 0.798. The van der Waals surface area contributed by atoms with Crippen LogP contribution in [0.3, 0.4) is 0 Å². The van der Waals surface area contributed by atoms with Gasteiger partial charge in [-0.15, -0.1) is 0 Å². The van der Waals surface area contributed by atoms with Gasteiger partial charge in [0, 0.05) is 5.56 Å². The number of benzene rings is 3. The zero-order valence-electron chi connectivity index (χ0n) is 15.7. The molecule has 0 aliphatic carbocycles. The van der Waals surface area contributed by atoms with E-state index in [1.165, 1.54) is 7.11 Å². The van der Waals surface area contributed by atoms with Crippen LogP contribution in [0.1, 0.15) is 16.7 Å². The van der Waals surface area contributed by atoms with Crippen LogP contribution in [0.2, 0.25) is 0 Å². The SMILES string of the molecule is CO/N=C(\COc1ccc(COc2ccc(CO)cc2)cc1)c1ccccc1. The summed E-state index contributed by atoms with van der Waals surface area (Å²) in [6.07, 6.45) is 0. The monoisotopic (exact) mass is 377 g/mol. The van der Waals surface area contributed by atoms with E-state index in [-0.39, 0.29) is 6.61 Å². The molecule has 0 unspecified atom stereocenters. The predicted octanol–water partition coefficient (Wildman–Crippen LogP) is 4.19. The maximum Gasteiger partial charge on any atom is 0.134 e. The molecule has 5 nitrogen and oxygen atoms in total. The van der Waals surface area contributed by atoms with E-state index < -0.39 is 0 Å². The predicted molar refractivity (Wildman–Crippen MR) is 109 cm³/mol. The molecule has 28 heavy (non-hydrogen) atoms.